The van der Waals surface area contributed by atoms with E-state index in [-0.39, 0.29) is 16.3 Å². The molecule has 0 spiro atoms. The van der Waals surface area contributed by atoms with E-state index in [1.165, 1.54) is 41.4 Å². The van der Waals surface area contributed by atoms with Gasteiger partial charge < -0.3 is 0 Å². The van der Waals surface area contributed by atoms with E-state index in [0.717, 1.165) is 15.6 Å². The molecule has 0 aliphatic heterocycles. The van der Waals surface area contributed by atoms with Crippen LogP contribution < -0.4 is 9.62 Å². The fourth-order valence-electron chi connectivity index (χ4n) is 2.52. The zero-order valence-electron chi connectivity index (χ0n) is 15.3. The zero-order valence-corrected chi connectivity index (χ0v) is 16.9. The van der Waals surface area contributed by atoms with Gasteiger partial charge in [-0.05, 0) is 26.0 Å². The molecule has 27 heavy (non-hydrogen) atoms. The minimum absolute atomic E-state index is 0.138. The molecule has 1 amide bonds. The van der Waals surface area contributed by atoms with Crippen LogP contribution in [0.25, 0.3) is 0 Å². The Bertz CT molecular complexity index is 1080. The van der Waals surface area contributed by atoms with Crippen molar-refractivity contribution in [3.8, 4) is 0 Å². The Kier molecular flexibility index (Phi) is 5.03. The highest BCUT2D eigenvalue weighted by molar-refractivity contribution is 7.92. The van der Waals surface area contributed by atoms with Gasteiger partial charge in [-0.1, -0.05) is 17.7 Å². The summed E-state index contributed by atoms with van der Waals surface area (Å²) < 4.78 is 28.4. The van der Waals surface area contributed by atoms with Crippen LogP contribution in [-0.4, -0.2) is 36.1 Å². The highest BCUT2D eigenvalue weighted by atomic mass is 32.2. The van der Waals surface area contributed by atoms with Crippen LogP contribution >= 0.6 is 11.3 Å². The molecule has 0 saturated carbocycles. The lowest BCUT2D eigenvalue weighted by atomic mass is 10.2. The number of sulfonamides is 1. The largest absolute Gasteiger partial charge is 0.298 e. The number of carbonyl (C=O) groups is 1. The van der Waals surface area contributed by atoms with E-state index in [2.05, 4.69) is 15.4 Å². The summed E-state index contributed by atoms with van der Waals surface area (Å²) in [4.78, 5) is 17.0. The smallest absolute Gasteiger partial charge is 0.265 e. The monoisotopic (exact) mass is 405 g/mol. The summed E-state index contributed by atoms with van der Waals surface area (Å²) in [5.41, 5.74) is 1.89. The number of hydrogen-bond acceptors (Lipinski definition) is 6. The van der Waals surface area contributed by atoms with Crippen molar-refractivity contribution in [2.75, 3.05) is 16.7 Å². The molecule has 0 fully saturated rings. The van der Waals surface area contributed by atoms with E-state index in [1.807, 2.05) is 19.2 Å². The first-order valence-corrected chi connectivity index (χ1v) is 10.3. The molecule has 0 saturated heterocycles. The Morgan fingerprint density at radius 1 is 1.22 bits per heavy atom. The maximum Gasteiger partial charge on any atom is 0.265 e. The molecule has 3 aromatic rings. The number of thiazole rings is 1. The van der Waals surface area contributed by atoms with Gasteiger partial charge in [-0.3, -0.25) is 19.1 Å². The second kappa shape index (κ2) is 7.12. The predicted octanol–water partition coefficient (Wildman–Crippen LogP) is 2.57. The summed E-state index contributed by atoms with van der Waals surface area (Å²) in [6.07, 6.45) is 1.34. The number of hydrogen-bond donors (Lipinski definition) is 1. The number of nitrogens with zero attached hydrogens (tertiary/aromatic N) is 4. The Morgan fingerprint density at radius 2 is 1.89 bits per heavy atom. The molecule has 0 radical (unpaired) electrons. The van der Waals surface area contributed by atoms with Gasteiger partial charge in [0.2, 0.25) is 0 Å². The first kappa shape index (κ1) is 19.1. The molecule has 2 aromatic heterocycles. The van der Waals surface area contributed by atoms with Crippen molar-refractivity contribution in [2.45, 2.75) is 18.7 Å². The molecule has 142 valence electrons. The van der Waals surface area contributed by atoms with Crippen molar-refractivity contribution in [2.24, 2.45) is 7.05 Å². The van der Waals surface area contributed by atoms with Gasteiger partial charge in [-0.2, -0.15) is 5.10 Å². The molecule has 0 bridgehead atoms. The fourth-order valence-corrected chi connectivity index (χ4v) is 4.45. The average Bonchev–Trinajstić information content (AvgIpc) is 3.20. The van der Waals surface area contributed by atoms with Gasteiger partial charge in [0.05, 0.1) is 16.8 Å². The zero-order chi connectivity index (χ0) is 19.8. The SMILES string of the molecule is Cc1ccc(S(=O)(=O)N(C)c2c(C(=O)Nc3nc(C)cs3)cnn2C)cc1. The molecule has 0 aliphatic rings. The van der Waals surface area contributed by atoms with Gasteiger partial charge in [0.15, 0.2) is 10.9 Å². The van der Waals surface area contributed by atoms with Crippen LogP contribution in [0.1, 0.15) is 21.6 Å². The third-order valence-corrected chi connectivity index (χ3v) is 6.61. The van der Waals surface area contributed by atoms with Gasteiger partial charge >= 0.3 is 0 Å². The summed E-state index contributed by atoms with van der Waals surface area (Å²) in [6, 6.07) is 6.52. The summed E-state index contributed by atoms with van der Waals surface area (Å²) in [7, 11) is -0.863. The number of amides is 1. The van der Waals surface area contributed by atoms with E-state index in [0.29, 0.717) is 5.13 Å². The van der Waals surface area contributed by atoms with Crippen LogP contribution in [-0.2, 0) is 17.1 Å². The number of nitrogens with one attached hydrogen (secondary N) is 1. The van der Waals surface area contributed by atoms with Gasteiger partial charge in [0.1, 0.15) is 5.56 Å². The minimum Gasteiger partial charge on any atom is -0.298 e. The maximum absolute atomic E-state index is 13.0. The Balaban J connectivity index is 1.95. The molecular weight excluding hydrogens is 386 g/mol. The van der Waals surface area contributed by atoms with Crippen molar-refractivity contribution in [1.82, 2.24) is 14.8 Å². The number of carbonyl (C=O) groups excluding carboxylic acids is 1. The lowest BCUT2D eigenvalue weighted by Gasteiger charge is -2.20. The number of rotatable bonds is 5. The van der Waals surface area contributed by atoms with Crippen molar-refractivity contribution < 1.29 is 13.2 Å². The molecule has 0 unspecified atom stereocenters. The number of benzene rings is 1. The summed E-state index contributed by atoms with van der Waals surface area (Å²) in [5.74, 6) is -0.306. The maximum atomic E-state index is 13.0. The van der Waals surface area contributed by atoms with E-state index >= 15 is 0 Å². The molecule has 1 N–H and O–H groups in total. The van der Waals surface area contributed by atoms with Gasteiger partial charge in [-0.25, -0.2) is 13.4 Å². The van der Waals surface area contributed by atoms with Crippen LogP contribution in [0, 0.1) is 13.8 Å². The van der Waals surface area contributed by atoms with Crippen LogP contribution in [0.5, 0.6) is 0 Å². The molecular formula is C17H19N5O3S2. The van der Waals surface area contributed by atoms with Crippen LogP contribution in [0.2, 0.25) is 0 Å². The highest BCUT2D eigenvalue weighted by Crippen LogP contribution is 2.26. The lowest BCUT2D eigenvalue weighted by molar-refractivity contribution is 0.102. The second-order valence-corrected chi connectivity index (χ2v) is 8.87. The first-order chi connectivity index (χ1) is 12.7. The predicted molar refractivity (Wildman–Crippen MR) is 105 cm³/mol. The van der Waals surface area contributed by atoms with Crippen LogP contribution in [0.3, 0.4) is 0 Å². The standard InChI is InChI=1S/C17H19N5O3S2/c1-11-5-7-13(8-6-11)27(24,25)22(4)16-14(9-18-21(16)3)15(23)20-17-19-12(2)10-26-17/h5-10H,1-4H3,(H,19,20,23). The van der Waals surface area contributed by atoms with Crippen LogP contribution in [0.4, 0.5) is 10.9 Å². The van der Waals surface area contributed by atoms with E-state index in [9.17, 15) is 13.2 Å². The van der Waals surface area contributed by atoms with Crippen molar-refractivity contribution in [1.29, 1.82) is 0 Å². The van der Waals surface area contributed by atoms with Crippen molar-refractivity contribution in [3.05, 3.63) is 52.7 Å². The quantitative estimate of drug-likeness (QED) is 0.704. The lowest BCUT2D eigenvalue weighted by Crippen LogP contribution is -2.30. The number of anilines is 2. The molecule has 0 atom stereocenters. The summed E-state index contributed by atoms with van der Waals surface area (Å²) in [6.45, 7) is 3.70. The Labute approximate surface area is 161 Å². The molecule has 10 heteroatoms. The van der Waals surface area contributed by atoms with Crippen LogP contribution in [0.15, 0.2) is 40.7 Å². The Morgan fingerprint density at radius 3 is 2.48 bits per heavy atom. The highest BCUT2D eigenvalue weighted by Gasteiger charge is 2.28. The topological polar surface area (TPSA) is 97.2 Å². The van der Waals surface area contributed by atoms with Gasteiger partial charge in [0, 0.05) is 19.5 Å². The summed E-state index contributed by atoms with van der Waals surface area (Å²) >= 11 is 1.30. The minimum atomic E-state index is -3.85. The van der Waals surface area contributed by atoms with E-state index in [1.54, 1.807) is 19.2 Å². The van der Waals surface area contributed by atoms with Gasteiger partial charge in [0.25, 0.3) is 15.9 Å². The first-order valence-electron chi connectivity index (χ1n) is 8.01. The number of aromatic nitrogens is 3. The molecule has 2 heterocycles. The average molecular weight is 406 g/mol. The van der Waals surface area contributed by atoms with Gasteiger partial charge in [-0.15, -0.1) is 11.3 Å². The molecule has 3 rings (SSSR count). The summed E-state index contributed by atoms with van der Waals surface area (Å²) in [5, 5.41) is 8.99. The second-order valence-electron chi connectivity index (χ2n) is 6.04. The number of aryl methyl sites for hydroxylation is 3. The third kappa shape index (κ3) is 3.71. The van der Waals surface area contributed by atoms with E-state index < -0.39 is 15.9 Å². The fraction of sp³-hybridized carbons (Fsp3) is 0.235. The Hall–Kier alpha value is -2.72. The molecule has 0 aliphatic carbocycles. The normalized spacial score (nSPS) is 11.4. The molecule has 8 nitrogen and oxygen atoms in total. The molecule has 1 aromatic carbocycles. The van der Waals surface area contributed by atoms with Crippen molar-refractivity contribution in [3.63, 3.8) is 0 Å². The third-order valence-electron chi connectivity index (χ3n) is 3.97. The van der Waals surface area contributed by atoms with Crippen molar-refractivity contribution >= 4 is 38.2 Å². The van der Waals surface area contributed by atoms with E-state index in [4.69, 9.17) is 0 Å².